The van der Waals surface area contributed by atoms with Crippen molar-refractivity contribution < 1.29 is 23.5 Å². The topological polar surface area (TPSA) is 87.8 Å². The Morgan fingerprint density at radius 2 is 2.00 bits per heavy atom. The molecule has 9 heteroatoms. The molecule has 2 aromatic rings. The Hall–Kier alpha value is -2.74. The molecule has 0 aliphatic rings. The first-order valence-corrected chi connectivity index (χ1v) is 6.48. The first-order valence-electron chi connectivity index (χ1n) is 6.10. The third kappa shape index (κ3) is 4.36. The summed E-state index contributed by atoms with van der Waals surface area (Å²) in [5, 5.41) is 22.2. The summed E-state index contributed by atoms with van der Waals surface area (Å²) >= 11 is 5.77. The molecule has 120 valence electrons. The number of aliphatic imine (C=N–C) groups is 1. The fourth-order valence-corrected chi connectivity index (χ4v) is 1.88. The largest absolute Gasteiger partial charge is 0.872 e. The van der Waals surface area contributed by atoms with Crippen LogP contribution < -0.4 is 9.84 Å². The Morgan fingerprint density at radius 1 is 1.26 bits per heavy atom. The maximum Gasteiger partial charge on any atom is 0.387 e. The second-order valence-corrected chi connectivity index (χ2v) is 4.64. The van der Waals surface area contributed by atoms with Gasteiger partial charge in [0.1, 0.15) is 5.75 Å². The molecule has 0 atom stereocenters. The van der Waals surface area contributed by atoms with E-state index in [0.29, 0.717) is 0 Å². The number of benzene rings is 2. The molecule has 0 aliphatic heterocycles. The number of alkyl halides is 2. The monoisotopic (exact) mass is 341 g/mol. The molecular formula is C14H8ClF2N2O4-. The number of hydrogen-bond acceptors (Lipinski definition) is 5. The zero-order valence-corrected chi connectivity index (χ0v) is 12.0. The molecular weight excluding hydrogens is 334 g/mol. The third-order valence-corrected chi connectivity index (χ3v) is 2.98. The molecule has 0 saturated heterocycles. The third-order valence-electron chi connectivity index (χ3n) is 2.69. The molecule has 6 nitrogen and oxygen atoms in total. The minimum atomic E-state index is -3.00. The number of nitro groups is 1. The van der Waals surface area contributed by atoms with Gasteiger partial charge in [-0.3, -0.25) is 15.1 Å². The molecule has 0 N–H and O–H groups in total. The van der Waals surface area contributed by atoms with Crippen LogP contribution in [0.2, 0.25) is 5.02 Å². The average molecular weight is 342 g/mol. The van der Waals surface area contributed by atoms with Gasteiger partial charge in [-0.05, 0) is 23.8 Å². The van der Waals surface area contributed by atoms with Gasteiger partial charge in [-0.1, -0.05) is 23.4 Å². The van der Waals surface area contributed by atoms with Crippen LogP contribution in [-0.2, 0) is 0 Å². The van der Waals surface area contributed by atoms with Crippen molar-refractivity contribution in [2.45, 2.75) is 6.61 Å². The Labute approximate surface area is 133 Å². The van der Waals surface area contributed by atoms with Crippen LogP contribution in [-0.4, -0.2) is 17.7 Å². The van der Waals surface area contributed by atoms with Crippen molar-refractivity contribution in [3.05, 3.63) is 57.1 Å². The molecule has 0 unspecified atom stereocenters. The summed E-state index contributed by atoms with van der Waals surface area (Å²) in [6.45, 7) is -3.00. The van der Waals surface area contributed by atoms with Crippen LogP contribution in [0.5, 0.6) is 11.5 Å². The van der Waals surface area contributed by atoms with E-state index in [0.717, 1.165) is 24.4 Å². The van der Waals surface area contributed by atoms with Crippen molar-refractivity contribution in [2.75, 3.05) is 0 Å². The van der Waals surface area contributed by atoms with Gasteiger partial charge in [-0.15, -0.1) is 0 Å². The molecule has 0 amide bonds. The van der Waals surface area contributed by atoms with Gasteiger partial charge < -0.3 is 9.84 Å². The Bertz CT molecular complexity index is 768. The number of non-ortho nitro benzene ring substituents is 1. The molecule has 23 heavy (non-hydrogen) atoms. The van der Waals surface area contributed by atoms with E-state index in [-0.39, 0.29) is 27.7 Å². The summed E-state index contributed by atoms with van der Waals surface area (Å²) in [7, 11) is 0. The van der Waals surface area contributed by atoms with E-state index in [1.165, 1.54) is 18.2 Å². The molecule has 0 radical (unpaired) electrons. The summed E-state index contributed by atoms with van der Waals surface area (Å²) in [5.74, 6) is -0.649. The molecule has 0 aromatic heterocycles. The highest BCUT2D eigenvalue weighted by Crippen LogP contribution is 2.30. The van der Waals surface area contributed by atoms with Gasteiger partial charge in [-0.25, -0.2) is 0 Å². The van der Waals surface area contributed by atoms with E-state index in [1.54, 1.807) is 0 Å². The minimum Gasteiger partial charge on any atom is -0.872 e. The number of rotatable bonds is 5. The van der Waals surface area contributed by atoms with Gasteiger partial charge in [-0.2, -0.15) is 8.78 Å². The fourth-order valence-electron chi connectivity index (χ4n) is 1.66. The highest BCUT2D eigenvalue weighted by Gasteiger charge is 2.09. The Morgan fingerprint density at radius 3 is 2.61 bits per heavy atom. The number of nitro benzene ring substituents is 1. The lowest BCUT2D eigenvalue weighted by molar-refractivity contribution is -0.385. The Balaban J connectivity index is 2.25. The number of hydrogen-bond donors (Lipinski definition) is 0. The van der Waals surface area contributed by atoms with E-state index < -0.39 is 17.3 Å². The molecule has 0 aliphatic carbocycles. The lowest BCUT2D eigenvalue weighted by atomic mass is 10.2. The van der Waals surface area contributed by atoms with Crippen LogP contribution in [0.1, 0.15) is 5.56 Å². The Kier molecular flexibility index (Phi) is 5.07. The molecule has 0 fully saturated rings. The summed E-state index contributed by atoms with van der Waals surface area (Å²) < 4.78 is 28.4. The zero-order valence-electron chi connectivity index (χ0n) is 11.3. The number of ether oxygens (including phenoxy) is 1. The van der Waals surface area contributed by atoms with Gasteiger partial charge in [0.15, 0.2) is 0 Å². The van der Waals surface area contributed by atoms with Gasteiger partial charge in [0.05, 0.1) is 15.6 Å². The zero-order chi connectivity index (χ0) is 17.0. The van der Waals surface area contributed by atoms with Crippen LogP contribution in [0.4, 0.5) is 20.2 Å². The predicted molar refractivity (Wildman–Crippen MR) is 77.9 cm³/mol. The quantitative estimate of drug-likeness (QED) is 0.471. The normalized spacial score (nSPS) is 11.1. The van der Waals surface area contributed by atoms with Crippen molar-refractivity contribution in [1.29, 1.82) is 0 Å². The predicted octanol–water partition coefficient (Wildman–Crippen LogP) is 3.67. The van der Waals surface area contributed by atoms with Gasteiger partial charge in [0.25, 0.3) is 5.69 Å². The SMILES string of the molecule is O=[N+]([O-])c1ccc([O-])c(C=Nc2ccc(OC(F)F)c(Cl)c2)c1. The smallest absolute Gasteiger partial charge is 0.387 e. The summed E-state index contributed by atoms with van der Waals surface area (Å²) in [6.07, 6.45) is 1.13. The summed E-state index contributed by atoms with van der Waals surface area (Å²) in [5.41, 5.74) is 0.0375. The molecule has 0 saturated carbocycles. The second kappa shape index (κ2) is 7.01. The van der Waals surface area contributed by atoms with Crippen molar-refractivity contribution in [1.82, 2.24) is 0 Å². The van der Waals surface area contributed by atoms with Crippen LogP contribution in [0.25, 0.3) is 0 Å². The lowest BCUT2D eigenvalue weighted by Crippen LogP contribution is -2.02. The summed E-state index contributed by atoms with van der Waals surface area (Å²) in [4.78, 5) is 14.0. The van der Waals surface area contributed by atoms with Crippen LogP contribution >= 0.6 is 11.6 Å². The second-order valence-electron chi connectivity index (χ2n) is 4.23. The van der Waals surface area contributed by atoms with Crippen LogP contribution in [0.3, 0.4) is 0 Å². The van der Waals surface area contributed by atoms with E-state index in [2.05, 4.69) is 9.73 Å². The first-order chi connectivity index (χ1) is 10.9. The maximum atomic E-state index is 12.1. The lowest BCUT2D eigenvalue weighted by Gasteiger charge is -2.09. The fraction of sp³-hybridized carbons (Fsp3) is 0.0714. The molecule has 0 heterocycles. The summed E-state index contributed by atoms with van der Waals surface area (Å²) in [6, 6.07) is 7.05. The van der Waals surface area contributed by atoms with Crippen LogP contribution in [0, 0.1) is 10.1 Å². The number of halogens is 3. The molecule has 2 aromatic carbocycles. The highest BCUT2D eigenvalue weighted by atomic mass is 35.5. The van der Waals surface area contributed by atoms with E-state index >= 15 is 0 Å². The van der Waals surface area contributed by atoms with Crippen molar-refractivity contribution in [3.63, 3.8) is 0 Å². The van der Waals surface area contributed by atoms with Crippen LogP contribution in [0.15, 0.2) is 41.4 Å². The van der Waals surface area contributed by atoms with Gasteiger partial charge in [0, 0.05) is 18.3 Å². The van der Waals surface area contributed by atoms with Gasteiger partial charge >= 0.3 is 6.61 Å². The highest BCUT2D eigenvalue weighted by molar-refractivity contribution is 6.32. The van der Waals surface area contributed by atoms with E-state index in [1.807, 2.05) is 0 Å². The molecule has 0 spiro atoms. The number of nitrogens with zero attached hydrogens (tertiary/aromatic N) is 2. The molecule has 2 rings (SSSR count). The minimum absolute atomic E-state index is 0.0169. The maximum absolute atomic E-state index is 12.1. The van der Waals surface area contributed by atoms with E-state index in [4.69, 9.17) is 11.6 Å². The van der Waals surface area contributed by atoms with E-state index in [9.17, 15) is 24.0 Å². The van der Waals surface area contributed by atoms with Crippen molar-refractivity contribution in [3.8, 4) is 11.5 Å². The molecule has 0 bridgehead atoms. The van der Waals surface area contributed by atoms with Crippen molar-refractivity contribution in [2.24, 2.45) is 4.99 Å². The van der Waals surface area contributed by atoms with Crippen molar-refractivity contribution >= 4 is 29.2 Å². The standard InChI is InChI=1S/C14H9ClF2N2O4/c15-11-6-9(1-4-13(11)23-14(16)17)18-7-8-5-10(19(21)22)2-3-12(8)20/h1-7,14,20H/p-1. The van der Waals surface area contributed by atoms with Gasteiger partial charge in [0.2, 0.25) is 0 Å². The average Bonchev–Trinajstić information content (AvgIpc) is 2.48. The first kappa shape index (κ1) is 16.6.